The van der Waals surface area contributed by atoms with E-state index in [2.05, 4.69) is 22.4 Å². The average molecular weight is 385 g/mol. The number of thiazole rings is 1. The van der Waals surface area contributed by atoms with Crippen LogP contribution >= 0.6 is 11.3 Å². The highest BCUT2D eigenvalue weighted by molar-refractivity contribution is 7.18. The molecule has 5 rings (SSSR count). The topological polar surface area (TPSA) is 54.9 Å². The summed E-state index contributed by atoms with van der Waals surface area (Å²) < 4.78 is 1.11. The van der Waals surface area contributed by atoms with Gasteiger partial charge < -0.3 is 5.32 Å². The van der Waals surface area contributed by atoms with Crippen LogP contribution < -0.4 is 5.32 Å². The zero-order valence-electron chi connectivity index (χ0n) is 15.3. The maximum absolute atomic E-state index is 12.8. The normalized spacial score (nSPS) is 16.9. The molecule has 4 nitrogen and oxygen atoms in total. The lowest BCUT2D eigenvalue weighted by Gasteiger charge is -2.20. The van der Waals surface area contributed by atoms with Crippen molar-refractivity contribution in [1.29, 1.82) is 0 Å². The van der Waals surface area contributed by atoms with E-state index in [0.717, 1.165) is 51.0 Å². The second kappa shape index (κ2) is 7.17. The molecule has 2 heterocycles. The first-order valence-corrected chi connectivity index (χ1v) is 10.3. The molecule has 4 aromatic rings. The van der Waals surface area contributed by atoms with Gasteiger partial charge in [-0.1, -0.05) is 36.4 Å². The average Bonchev–Trinajstić information content (AvgIpc) is 3.18. The number of carbonyl (C=O) groups is 1. The lowest BCUT2D eigenvalue weighted by molar-refractivity contribution is 0.0964. The van der Waals surface area contributed by atoms with Crippen LogP contribution in [0.15, 0.2) is 72.7 Å². The van der Waals surface area contributed by atoms with Gasteiger partial charge >= 0.3 is 0 Å². The van der Waals surface area contributed by atoms with Crippen LogP contribution in [0.3, 0.4) is 0 Å². The Bertz CT molecular complexity index is 1180. The lowest BCUT2D eigenvalue weighted by Crippen LogP contribution is -2.24. The Balaban J connectivity index is 1.38. The number of allylic oxidation sites excluding steroid dienone is 2. The van der Waals surface area contributed by atoms with Gasteiger partial charge in [0.05, 0.1) is 10.2 Å². The summed E-state index contributed by atoms with van der Waals surface area (Å²) in [6.07, 6.45) is 8.81. The molecule has 0 saturated carbocycles. The van der Waals surface area contributed by atoms with E-state index < -0.39 is 0 Å². The summed E-state index contributed by atoms with van der Waals surface area (Å²) in [4.78, 5) is 21.7. The molecule has 0 bridgehead atoms. The summed E-state index contributed by atoms with van der Waals surface area (Å²) in [6, 6.07) is 15.9. The molecule has 1 unspecified atom stereocenters. The highest BCUT2D eigenvalue weighted by Gasteiger charge is 2.20. The van der Waals surface area contributed by atoms with Crippen LogP contribution in [0, 0.1) is 0 Å². The predicted molar refractivity (Wildman–Crippen MR) is 114 cm³/mol. The summed E-state index contributed by atoms with van der Waals surface area (Å²) in [7, 11) is 0. The number of rotatable bonds is 3. The van der Waals surface area contributed by atoms with Gasteiger partial charge in [0.2, 0.25) is 0 Å². The van der Waals surface area contributed by atoms with E-state index in [1.54, 1.807) is 17.5 Å². The number of hydrogen-bond acceptors (Lipinski definition) is 4. The minimum atomic E-state index is -0.0499. The Kier molecular flexibility index (Phi) is 4.37. The van der Waals surface area contributed by atoms with E-state index in [-0.39, 0.29) is 11.8 Å². The van der Waals surface area contributed by atoms with Crippen molar-refractivity contribution in [3.63, 3.8) is 0 Å². The number of pyridine rings is 1. The first-order valence-electron chi connectivity index (χ1n) is 9.47. The molecule has 0 aliphatic heterocycles. The maximum atomic E-state index is 12.8. The van der Waals surface area contributed by atoms with E-state index in [4.69, 9.17) is 4.98 Å². The van der Waals surface area contributed by atoms with Crippen molar-refractivity contribution in [3.05, 3.63) is 83.3 Å². The largest absolute Gasteiger partial charge is 0.326 e. The standard InChI is InChI=1S/C23H19N3OS/c27-22(17-9-8-15-4-1-2-5-16(15)12-17)25-19-7-3-6-18(13-19)23-26-20-10-11-24-14-21(20)28-23/h1-2,4-5,8-14,18H,3,6-7H2,(H,25,27). The van der Waals surface area contributed by atoms with Crippen molar-refractivity contribution in [3.8, 4) is 0 Å². The predicted octanol–water partition coefficient (Wildman–Crippen LogP) is 5.43. The molecule has 1 N–H and O–H groups in total. The molecular formula is C23H19N3OS. The van der Waals surface area contributed by atoms with Crippen LogP contribution in [0.1, 0.15) is 40.5 Å². The molecule has 0 radical (unpaired) electrons. The number of aromatic nitrogens is 2. The number of carbonyl (C=O) groups excluding carboxylic acids is 1. The lowest BCUT2D eigenvalue weighted by atomic mass is 9.94. The summed E-state index contributed by atoms with van der Waals surface area (Å²) in [5.74, 6) is 0.198. The first kappa shape index (κ1) is 17.1. The minimum absolute atomic E-state index is 0.0499. The van der Waals surface area contributed by atoms with Gasteiger partial charge in [-0.05, 0) is 48.2 Å². The maximum Gasteiger partial charge on any atom is 0.255 e. The molecule has 5 heteroatoms. The third kappa shape index (κ3) is 3.29. The molecule has 1 aliphatic carbocycles. The van der Waals surface area contributed by atoms with Crippen molar-refractivity contribution >= 4 is 38.2 Å². The van der Waals surface area contributed by atoms with Crippen molar-refractivity contribution in [1.82, 2.24) is 15.3 Å². The summed E-state index contributed by atoms with van der Waals surface area (Å²) in [5.41, 5.74) is 2.68. The Morgan fingerprint density at radius 2 is 2.00 bits per heavy atom. The summed E-state index contributed by atoms with van der Waals surface area (Å²) >= 11 is 1.69. The Morgan fingerprint density at radius 1 is 1.11 bits per heavy atom. The molecule has 1 amide bonds. The Morgan fingerprint density at radius 3 is 2.89 bits per heavy atom. The summed E-state index contributed by atoms with van der Waals surface area (Å²) in [5, 5.41) is 6.44. The highest BCUT2D eigenvalue weighted by Crippen LogP contribution is 2.34. The fourth-order valence-electron chi connectivity index (χ4n) is 3.73. The molecule has 28 heavy (non-hydrogen) atoms. The van der Waals surface area contributed by atoms with Crippen molar-refractivity contribution < 1.29 is 4.79 Å². The van der Waals surface area contributed by atoms with Gasteiger partial charge in [-0.2, -0.15) is 0 Å². The molecule has 0 saturated heterocycles. The number of fused-ring (bicyclic) bond motifs is 2. The number of nitrogens with one attached hydrogen (secondary N) is 1. The Labute approximate surface area is 167 Å². The number of nitrogens with zero attached hydrogens (tertiary/aromatic N) is 2. The SMILES string of the molecule is O=C(NC1=CC(c2nc3ccncc3s2)CCC1)c1ccc2ccccc2c1. The molecule has 1 atom stereocenters. The smallest absolute Gasteiger partial charge is 0.255 e. The van der Waals surface area contributed by atoms with Crippen molar-refractivity contribution in [2.75, 3.05) is 0 Å². The molecule has 2 aromatic heterocycles. The molecule has 2 aromatic carbocycles. The number of benzene rings is 2. The number of amides is 1. The monoisotopic (exact) mass is 385 g/mol. The zero-order valence-corrected chi connectivity index (χ0v) is 16.1. The van der Waals surface area contributed by atoms with Crippen LogP contribution in [0.2, 0.25) is 0 Å². The van der Waals surface area contributed by atoms with E-state index in [1.807, 2.05) is 48.7 Å². The molecule has 138 valence electrons. The Hall–Kier alpha value is -3.05. The van der Waals surface area contributed by atoms with Crippen LogP contribution in [0.5, 0.6) is 0 Å². The quantitative estimate of drug-likeness (QED) is 0.512. The fraction of sp³-hybridized carbons (Fsp3) is 0.174. The van der Waals surface area contributed by atoms with Gasteiger partial charge in [-0.15, -0.1) is 11.3 Å². The highest BCUT2D eigenvalue weighted by atomic mass is 32.1. The minimum Gasteiger partial charge on any atom is -0.326 e. The summed E-state index contributed by atoms with van der Waals surface area (Å²) in [6.45, 7) is 0. The third-order valence-corrected chi connectivity index (χ3v) is 6.31. The van der Waals surface area contributed by atoms with Crippen LogP contribution in [0.4, 0.5) is 0 Å². The van der Waals surface area contributed by atoms with Gasteiger partial charge in [0.1, 0.15) is 5.01 Å². The van der Waals surface area contributed by atoms with Crippen LogP contribution in [-0.2, 0) is 0 Å². The molecule has 1 aliphatic rings. The molecule has 0 fully saturated rings. The van der Waals surface area contributed by atoms with Crippen molar-refractivity contribution in [2.24, 2.45) is 0 Å². The van der Waals surface area contributed by atoms with Crippen LogP contribution in [0.25, 0.3) is 21.0 Å². The second-order valence-corrected chi connectivity index (χ2v) is 8.16. The molecule has 0 spiro atoms. The van der Waals surface area contributed by atoms with Gasteiger partial charge in [0.15, 0.2) is 0 Å². The van der Waals surface area contributed by atoms with Gasteiger partial charge in [0, 0.05) is 29.6 Å². The van der Waals surface area contributed by atoms with E-state index in [1.165, 1.54) is 0 Å². The van der Waals surface area contributed by atoms with E-state index in [0.29, 0.717) is 5.56 Å². The molecular weight excluding hydrogens is 366 g/mol. The van der Waals surface area contributed by atoms with Gasteiger partial charge in [-0.3, -0.25) is 9.78 Å². The van der Waals surface area contributed by atoms with Crippen LogP contribution in [-0.4, -0.2) is 15.9 Å². The van der Waals surface area contributed by atoms with Gasteiger partial charge in [0.25, 0.3) is 5.91 Å². The number of hydrogen-bond donors (Lipinski definition) is 1. The van der Waals surface area contributed by atoms with E-state index in [9.17, 15) is 4.79 Å². The zero-order chi connectivity index (χ0) is 18.9. The van der Waals surface area contributed by atoms with E-state index >= 15 is 0 Å². The second-order valence-electron chi connectivity index (χ2n) is 7.10. The third-order valence-electron chi connectivity index (χ3n) is 5.17. The van der Waals surface area contributed by atoms with Crippen molar-refractivity contribution in [2.45, 2.75) is 25.2 Å². The van der Waals surface area contributed by atoms with Gasteiger partial charge in [-0.25, -0.2) is 4.98 Å². The fourth-order valence-corrected chi connectivity index (χ4v) is 4.76. The first-order chi connectivity index (χ1) is 13.8.